The molecule has 2 saturated heterocycles. The molecule has 0 spiro atoms. The van der Waals surface area contributed by atoms with Gasteiger partial charge in [0.2, 0.25) is 5.96 Å². The first-order chi connectivity index (χ1) is 15.1. The van der Waals surface area contributed by atoms with Gasteiger partial charge in [-0.3, -0.25) is 0 Å². The maximum atomic E-state index is 5.97. The van der Waals surface area contributed by atoms with Crippen molar-refractivity contribution in [2.45, 2.75) is 38.6 Å². The Labute approximate surface area is 185 Å². The Hall–Kier alpha value is -2.66. The van der Waals surface area contributed by atoms with Gasteiger partial charge in [0.05, 0.1) is 6.04 Å². The van der Waals surface area contributed by atoms with E-state index in [9.17, 15) is 0 Å². The van der Waals surface area contributed by atoms with Crippen molar-refractivity contribution in [3.05, 3.63) is 64.7 Å². The molecule has 31 heavy (non-hydrogen) atoms. The number of aliphatic imine (C=N–C) groups is 2. The predicted octanol–water partition coefficient (Wildman–Crippen LogP) is 4.08. The van der Waals surface area contributed by atoms with Crippen LogP contribution in [0.15, 0.2) is 52.4 Å². The Morgan fingerprint density at radius 2 is 1.58 bits per heavy atom. The summed E-state index contributed by atoms with van der Waals surface area (Å²) in [5.41, 5.74) is 11.8. The van der Waals surface area contributed by atoms with Crippen molar-refractivity contribution in [2.75, 3.05) is 31.9 Å². The second-order valence-electron chi connectivity index (χ2n) is 9.43. The summed E-state index contributed by atoms with van der Waals surface area (Å²) in [7, 11) is 0. The number of nitrogen functional groups attached to an aromatic ring is 1. The van der Waals surface area contributed by atoms with Crippen LogP contribution in [0.25, 0.3) is 0 Å². The van der Waals surface area contributed by atoms with Gasteiger partial charge in [-0.05, 0) is 86.0 Å². The van der Waals surface area contributed by atoms with Crippen LogP contribution in [0.5, 0.6) is 0 Å². The molecule has 3 N–H and O–H groups in total. The van der Waals surface area contributed by atoms with E-state index in [0.29, 0.717) is 0 Å². The third-order valence-corrected chi connectivity index (χ3v) is 7.44. The molecule has 2 aromatic carbocycles. The Morgan fingerprint density at radius 3 is 2.26 bits per heavy atom. The third-order valence-electron chi connectivity index (χ3n) is 7.44. The lowest BCUT2D eigenvalue weighted by molar-refractivity contribution is 0.409. The third kappa shape index (κ3) is 4.11. The summed E-state index contributed by atoms with van der Waals surface area (Å²) in [4.78, 5) is 12.6. The molecule has 0 radical (unpaired) electrons. The molecular formula is C26H33N5. The van der Waals surface area contributed by atoms with E-state index >= 15 is 0 Å². The Morgan fingerprint density at radius 1 is 0.903 bits per heavy atom. The lowest BCUT2D eigenvalue weighted by Gasteiger charge is -2.30. The van der Waals surface area contributed by atoms with E-state index < -0.39 is 0 Å². The molecule has 0 amide bonds. The van der Waals surface area contributed by atoms with E-state index in [1.54, 1.807) is 0 Å². The van der Waals surface area contributed by atoms with Gasteiger partial charge in [-0.2, -0.15) is 0 Å². The summed E-state index contributed by atoms with van der Waals surface area (Å²) in [6.45, 7) is 8.75. The average Bonchev–Trinajstić information content (AvgIpc) is 3.14. The zero-order valence-corrected chi connectivity index (χ0v) is 18.6. The molecule has 3 heterocycles. The van der Waals surface area contributed by atoms with E-state index in [0.717, 1.165) is 49.7 Å². The van der Waals surface area contributed by atoms with Crippen LogP contribution in [-0.2, 0) is 0 Å². The molecule has 5 nitrogen and oxygen atoms in total. The molecular weight excluding hydrogens is 382 g/mol. The summed E-state index contributed by atoms with van der Waals surface area (Å²) in [5.74, 6) is 2.63. The number of anilines is 1. The largest absolute Gasteiger partial charge is 0.399 e. The van der Waals surface area contributed by atoms with Crippen molar-refractivity contribution in [1.29, 1.82) is 0 Å². The SMILES string of the molecule is Cc1ccc(C2C=NC(N3CCC4CNCC4CC3)=NC2c2ccc(N)cc2)cc1C. The fourth-order valence-corrected chi connectivity index (χ4v) is 5.26. The Balaban J connectivity index is 1.46. The molecule has 4 unspecified atom stereocenters. The van der Waals surface area contributed by atoms with Gasteiger partial charge >= 0.3 is 0 Å². The summed E-state index contributed by atoms with van der Waals surface area (Å²) in [5, 5.41) is 3.56. The second-order valence-corrected chi connectivity index (χ2v) is 9.43. The van der Waals surface area contributed by atoms with E-state index in [4.69, 9.17) is 15.7 Å². The van der Waals surface area contributed by atoms with Gasteiger partial charge in [0.15, 0.2) is 0 Å². The highest BCUT2D eigenvalue weighted by atomic mass is 15.3. The number of hydrogen-bond acceptors (Lipinski definition) is 5. The molecule has 2 fully saturated rings. The van der Waals surface area contributed by atoms with Crippen molar-refractivity contribution in [2.24, 2.45) is 21.8 Å². The molecule has 162 valence electrons. The minimum atomic E-state index is 0.0135. The zero-order valence-electron chi connectivity index (χ0n) is 18.6. The normalized spacial score (nSPS) is 28.2. The van der Waals surface area contributed by atoms with Crippen molar-refractivity contribution in [1.82, 2.24) is 10.2 Å². The molecule has 4 atom stereocenters. The van der Waals surface area contributed by atoms with Gasteiger partial charge < -0.3 is 16.0 Å². The number of fused-ring (bicyclic) bond motifs is 1. The first-order valence-corrected chi connectivity index (χ1v) is 11.6. The van der Waals surface area contributed by atoms with Gasteiger partial charge in [0, 0.05) is 30.9 Å². The van der Waals surface area contributed by atoms with E-state index in [1.807, 2.05) is 12.1 Å². The topological polar surface area (TPSA) is 66.0 Å². The molecule has 5 rings (SSSR count). The number of benzene rings is 2. The van der Waals surface area contributed by atoms with Crippen LogP contribution in [0.3, 0.4) is 0 Å². The second kappa shape index (κ2) is 8.46. The number of nitrogens with one attached hydrogen (secondary N) is 1. The lowest BCUT2D eigenvalue weighted by Crippen LogP contribution is -2.34. The van der Waals surface area contributed by atoms with E-state index in [2.05, 4.69) is 60.6 Å². The molecule has 2 aromatic rings. The summed E-state index contributed by atoms with van der Waals surface area (Å²) in [6.07, 6.45) is 4.57. The fraction of sp³-hybridized carbons (Fsp3) is 0.462. The minimum absolute atomic E-state index is 0.0135. The zero-order chi connectivity index (χ0) is 21.4. The van der Waals surface area contributed by atoms with Crippen LogP contribution < -0.4 is 11.1 Å². The number of aryl methyl sites for hydroxylation is 2. The lowest BCUT2D eigenvalue weighted by atomic mass is 9.86. The predicted molar refractivity (Wildman–Crippen MR) is 129 cm³/mol. The Bertz CT molecular complexity index is 979. The molecule has 5 heteroatoms. The van der Waals surface area contributed by atoms with Gasteiger partial charge in [-0.15, -0.1) is 0 Å². The highest BCUT2D eigenvalue weighted by molar-refractivity contribution is 5.92. The van der Waals surface area contributed by atoms with Gasteiger partial charge in [-0.1, -0.05) is 30.3 Å². The van der Waals surface area contributed by atoms with Gasteiger partial charge in [0.1, 0.15) is 0 Å². The van der Waals surface area contributed by atoms with Crippen LogP contribution in [0.2, 0.25) is 0 Å². The summed E-state index contributed by atoms with van der Waals surface area (Å²) >= 11 is 0. The highest BCUT2D eigenvalue weighted by Gasteiger charge is 2.33. The van der Waals surface area contributed by atoms with E-state index in [1.165, 1.54) is 35.1 Å². The minimum Gasteiger partial charge on any atom is -0.399 e. The van der Waals surface area contributed by atoms with Crippen molar-refractivity contribution < 1.29 is 0 Å². The number of rotatable bonds is 2. The van der Waals surface area contributed by atoms with Crippen LogP contribution >= 0.6 is 0 Å². The molecule has 0 saturated carbocycles. The smallest absolute Gasteiger partial charge is 0.220 e. The first-order valence-electron chi connectivity index (χ1n) is 11.6. The standard InChI is InChI=1S/C26H33N5/c1-17-3-4-20(13-18(17)2)24-16-29-26(30-25(24)19-5-7-23(27)8-6-19)31-11-9-21-14-28-15-22(21)10-12-31/h3-8,13,16,21-22,24-25,28H,9-12,14-15,27H2,1-2H3. The highest BCUT2D eigenvalue weighted by Crippen LogP contribution is 2.37. The molecule has 0 bridgehead atoms. The molecule has 0 aromatic heterocycles. The molecule has 3 aliphatic heterocycles. The number of nitrogens with zero attached hydrogens (tertiary/aromatic N) is 3. The van der Waals surface area contributed by atoms with Crippen molar-refractivity contribution in [3.8, 4) is 0 Å². The van der Waals surface area contributed by atoms with Crippen LogP contribution in [0, 0.1) is 25.7 Å². The first kappa shape index (κ1) is 20.3. The molecule has 3 aliphatic rings. The van der Waals surface area contributed by atoms with E-state index in [-0.39, 0.29) is 12.0 Å². The number of guanidine groups is 1. The van der Waals surface area contributed by atoms with Crippen LogP contribution in [0.4, 0.5) is 5.69 Å². The van der Waals surface area contributed by atoms with Crippen molar-refractivity contribution >= 4 is 17.9 Å². The van der Waals surface area contributed by atoms with Crippen LogP contribution in [0.1, 0.15) is 47.1 Å². The number of nitrogens with two attached hydrogens (primary N) is 1. The Kier molecular flexibility index (Phi) is 5.53. The maximum absolute atomic E-state index is 5.97. The average molecular weight is 416 g/mol. The van der Waals surface area contributed by atoms with Gasteiger partial charge in [0.25, 0.3) is 0 Å². The monoisotopic (exact) mass is 415 g/mol. The van der Waals surface area contributed by atoms with Gasteiger partial charge in [-0.25, -0.2) is 9.98 Å². The number of hydrogen-bond donors (Lipinski definition) is 2. The summed E-state index contributed by atoms with van der Waals surface area (Å²) in [6, 6.07) is 14.9. The summed E-state index contributed by atoms with van der Waals surface area (Å²) < 4.78 is 0. The molecule has 0 aliphatic carbocycles. The van der Waals surface area contributed by atoms with Crippen molar-refractivity contribution in [3.63, 3.8) is 0 Å². The van der Waals surface area contributed by atoms with Crippen LogP contribution in [-0.4, -0.2) is 43.3 Å². The fourth-order valence-electron chi connectivity index (χ4n) is 5.26. The number of likely N-dealkylation sites (tertiary alicyclic amines) is 1. The maximum Gasteiger partial charge on any atom is 0.220 e. The quantitative estimate of drug-likeness (QED) is 0.726.